The molecule has 84 valence electrons. The van der Waals surface area contributed by atoms with Crippen LogP contribution in [0.2, 0.25) is 5.02 Å². The van der Waals surface area contributed by atoms with Gasteiger partial charge in [0.2, 0.25) is 0 Å². The van der Waals surface area contributed by atoms with Crippen LogP contribution in [0.15, 0.2) is 57.2 Å². The zero-order valence-corrected chi connectivity index (χ0v) is 10.4. The first kappa shape index (κ1) is 10.7. The highest BCUT2D eigenvalue weighted by Crippen LogP contribution is 2.42. The van der Waals surface area contributed by atoms with Crippen LogP contribution in [0.3, 0.4) is 0 Å². The molecule has 0 unspecified atom stereocenters. The van der Waals surface area contributed by atoms with Crippen LogP contribution in [0.25, 0.3) is 0 Å². The first-order valence-electron chi connectivity index (χ1n) is 5.15. The van der Waals surface area contributed by atoms with Crippen LogP contribution >= 0.6 is 23.4 Å². The second-order valence-corrected chi connectivity index (χ2v) is 5.14. The molecule has 3 rings (SSSR count). The van der Waals surface area contributed by atoms with Gasteiger partial charge in [-0.25, -0.2) is 4.99 Å². The van der Waals surface area contributed by atoms with E-state index in [9.17, 15) is 0 Å². The molecule has 2 N–H and O–H groups in total. The Bertz CT molecular complexity index is 623. The van der Waals surface area contributed by atoms with E-state index < -0.39 is 0 Å². The SMILES string of the molecule is NC1=Nc2ccccc2Sc2c(Cl)cccc21. The van der Waals surface area contributed by atoms with Gasteiger partial charge in [0, 0.05) is 15.4 Å². The summed E-state index contributed by atoms with van der Waals surface area (Å²) in [5.41, 5.74) is 7.80. The molecule has 0 saturated heterocycles. The van der Waals surface area contributed by atoms with E-state index in [2.05, 4.69) is 4.99 Å². The number of benzene rings is 2. The number of hydrogen-bond donors (Lipinski definition) is 1. The third-order valence-corrected chi connectivity index (χ3v) is 4.20. The normalized spacial score (nSPS) is 13.4. The lowest BCUT2D eigenvalue weighted by molar-refractivity contribution is 1.36. The lowest BCUT2D eigenvalue weighted by atomic mass is 10.2. The summed E-state index contributed by atoms with van der Waals surface area (Å²) in [7, 11) is 0. The van der Waals surface area contributed by atoms with E-state index in [1.165, 1.54) is 0 Å². The van der Waals surface area contributed by atoms with Gasteiger partial charge in [0.05, 0.1) is 10.7 Å². The summed E-state index contributed by atoms with van der Waals surface area (Å²) in [6.07, 6.45) is 0. The molecule has 17 heavy (non-hydrogen) atoms. The number of halogens is 1. The van der Waals surface area contributed by atoms with E-state index in [1.54, 1.807) is 11.8 Å². The summed E-state index contributed by atoms with van der Waals surface area (Å²) in [6, 6.07) is 13.6. The molecular weight excluding hydrogens is 252 g/mol. The first-order valence-corrected chi connectivity index (χ1v) is 6.35. The quantitative estimate of drug-likeness (QED) is 0.782. The average Bonchev–Trinajstić information content (AvgIpc) is 2.47. The van der Waals surface area contributed by atoms with Gasteiger partial charge < -0.3 is 5.73 Å². The molecular formula is C13H9ClN2S. The van der Waals surface area contributed by atoms with Gasteiger partial charge in [0.15, 0.2) is 0 Å². The van der Waals surface area contributed by atoms with E-state index in [-0.39, 0.29) is 0 Å². The molecule has 0 bridgehead atoms. The lowest BCUT2D eigenvalue weighted by Gasteiger charge is -2.07. The molecule has 2 nitrogen and oxygen atoms in total. The minimum atomic E-state index is 0.514. The second-order valence-electron chi connectivity index (χ2n) is 3.68. The van der Waals surface area contributed by atoms with E-state index >= 15 is 0 Å². The lowest BCUT2D eigenvalue weighted by Crippen LogP contribution is -2.13. The molecule has 1 heterocycles. The number of fused-ring (bicyclic) bond motifs is 2. The van der Waals surface area contributed by atoms with Crippen LogP contribution in [-0.4, -0.2) is 5.84 Å². The number of aliphatic imine (C=N–C) groups is 1. The van der Waals surface area contributed by atoms with E-state index in [1.807, 2.05) is 42.5 Å². The topological polar surface area (TPSA) is 38.4 Å². The zero-order chi connectivity index (χ0) is 11.8. The van der Waals surface area contributed by atoms with Crippen molar-refractivity contribution >= 4 is 34.9 Å². The molecule has 0 fully saturated rings. The van der Waals surface area contributed by atoms with Gasteiger partial charge in [0.1, 0.15) is 5.84 Å². The van der Waals surface area contributed by atoms with Crippen LogP contribution in [-0.2, 0) is 0 Å². The summed E-state index contributed by atoms with van der Waals surface area (Å²) >= 11 is 7.82. The number of hydrogen-bond acceptors (Lipinski definition) is 3. The van der Waals surface area contributed by atoms with Gasteiger partial charge >= 0.3 is 0 Å². The van der Waals surface area contributed by atoms with Crippen molar-refractivity contribution in [2.75, 3.05) is 0 Å². The summed E-state index contributed by atoms with van der Waals surface area (Å²) in [6.45, 7) is 0. The number of para-hydroxylation sites is 1. The minimum Gasteiger partial charge on any atom is -0.383 e. The second kappa shape index (κ2) is 4.09. The summed E-state index contributed by atoms with van der Waals surface area (Å²) < 4.78 is 0. The largest absolute Gasteiger partial charge is 0.383 e. The number of nitrogens with zero attached hydrogens (tertiary/aromatic N) is 1. The Morgan fingerprint density at radius 2 is 1.88 bits per heavy atom. The zero-order valence-electron chi connectivity index (χ0n) is 8.85. The number of amidine groups is 1. The van der Waals surface area contributed by atoms with Gasteiger partial charge in [-0.15, -0.1) is 0 Å². The highest BCUT2D eigenvalue weighted by Gasteiger charge is 2.17. The molecule has 2 aromatic rings. The molecule has 2 aromatic carbocycles. The molecule has 4 heteroatoms. The summed E-state index contributed by atoms with van der Waals surface area (Å²) in [5, 5.41) is 0.711. The Morgan fingerprint density at radius 1 is 1.06 bits per heavy atom. The van der Waals surface area contributed by atoms with Crippen molar-refractivity contribution < 1.29 is 0 Å². The van der Waals surface area contributed by atoms with Gasteiger partial charge in [-0.2, -0.15) is 0 Å². The van der Waals surface area contributed by atoms with Crippen molar-refractivity contribution in [1.29, 1.82) is 0 Å². The molecule has 1 aliphatic rings. The van der Waals surface area contributed by atoms with Gasteiger partial charge in [0.25, 0.3) is 0 Å². The Hall–Kier alpha value is -1.45. The fourth-order valence-corrected chi connectivity index (χ4v) is 3.07. The third-order valence-electron chi connectivity index (χ3n) is 2.56. The average molecular weight is 261 g/mol. The summed E-state index contributed by atoms with van der Waals surface area (Å²) in [4.78, 5) is 6.48. The fourth-order valence-electron chi connectivity index (χ4n) is 1.75. The summed E-state index contributed by atoms with van der Waals surface area (Å²) in [5.74, 6) is 0.514. The van der Waals surface area contributed by atoms with Crippen LogP contribution in [0.1, 0.15) is 5.56 Å². The van der Waals surface area contributed by atoms with Gasteiger partial charge in [-0.3, -0.25) is 0 Å². The maximum absolute atomic E-state index is 6.22. The van der Waals surface area contributed by atoms with Crippen LogP contribution in [0, 0.1) is 0 Å². The monoisotopic (exact) mass is 260 g/mol. The Balaban J connectivity index is 2.28. The highest BCUT2D eigenvalue weighted by molar-refractivity contribution is 7.99. The molecule has 1 aliphatic heterocycles. The predicted octanol–water partition coefficient (Wildman–Crippen LogP) is 3.84. The molecule has 0 aromatic heterocycles. The maximum atomic E-state index is 6.22. The van der Waals surface area contributed by atoms with Crippen molar-refractivity contribution in [1.82, 2.24) is 0 Å². The van der Waals surface area contributed by atoms with Crippen LogP contribution < -0.4 is 5.73 Å². The van der Waals surface area contributed by atoms with Crippen molar-refractivity contribution in [3.63, 3.8) is 0 Å². The van der Waals surface area contributed by atoms with Gasteiger partial charge in [-0.05, 0) is 18.2 Å². The third kappa shape index (κ3) is 1.81. The molecule has 0 amide bonds. The molecule has 0 aliphatic carbocycles. The van der Waals surface area contributed by atoms with Crippen LogP contribution in [0.4, 0.5) is 5.69 Å². The van der Waals surface area contributed by atoms with Gasteiger partial charge in [-0.1, -0.05) is 47.6 Å². The van der Waals surface area contributed by atoms with Crippen LogP contribution in [0.5, 0.6) is 0 Å². The van der Waals surface area contributed by atoms with E-state index in [0.717, 1.165) is 21.0 Å². The first-order chi connectivity index (χ1) is 8.25. The maximum Gasteiger partial charge on any atom is 0.132 e. The Kier molecular flexibility index (Phi) is 2.57. The Morgan fingerprint density at radius 3 is 2.76 bits per heavy atom. The van der Waals surface area contributed by atoms with Crippen molar-refractivity contribution in [2.45, 2.75) is 9.79 Å². The molecule has 0 atom stereocenters. The molecule has 0 radical (unpaired) electrons. The van der Waals surface area contributed by atoms with Crippen molar-refractivity contribution in [3.8, 4) is 0 Å². The van der Waals surface area contributed by atoms with Crippen molar-refractivity contribution in [3.05, 3.63) is 53.1 Å². The number of nitrogens with two attached hydrogens (primary N) is 1. The molecule has 0 spiro atoms. The van der Waals surface area contributed by atoms with E-state index in [0.29, 0.717) is 10.9 Å². The smallest absolute Gasteiger partial charge is 0.132 e. The number of rotatable bonds is 0. The standard InChI is InChI=1S/C13H9ClN2S/c14-9-5-3-4-8-12(9)17-11-7-2-1-6-10(11)16-13(8)15/h1-7H,(H2,15,16). The fraction of sp³-hybridized carbons (Fsp3) is 0. The Labute approximate surface area is 109 Å². The van der Waals surface area contributed by atoms with Crippen molar-refractivity contribution in [2.24, 2.45) is 10.7 Å². The predicted molar refractivity (Wildman–Crippen MR) is 72.4 cm³/mol. The highest BCUT2D eigenvalue weighted by atomic mass is 35.5. The van der Waals surface area contributed by atoms with E-state index in [4.69, 9.17) is 17.3 Å². The minimum absolute atomic E-state index is 0.514. The molecule has 0 saturated carbocycles.